The van der Waals surface area contributed by atoms with Crippen molar-refractivity contribution in [2.45, 2.75) is 26.7 Å². The van der Waals surface area contributed by atoms with Crippen LogP contribution in [0.1, 0.15) is 26.7 Å². The van der Waals surface area contributed by atoms with E-state index in [4.69, 9.17) is 4.74 Å². The SMILES string of the molecule is CCCC(=O)C1C(=O)C=C(C)N(c2ccc(OC)cc2)C1=O. The van der Waals surface area contributed by atoms with Crippen LogP contribution in [0.15, 0.2) is 36.0 Å². The molecule has 1 amide bonds. The Bertz CT molecular complexity index is 631. The van der Waals surface area contributed by atoms with Crippen LogP contribution in [-0.4, -0.2) is 24.6 Å². The van der Waals surface area contributed by atoms with E-state index in [1.54, 1.807) is 38.3 Å². The minimum atomic E-state index is -1.22. The largest absolute Gasteiger partial charge is 0.497 e. The molecule has 1 aliphatic rings. The van der Waals surface area contributed by atoms with E-state index in [0.717, 1.165) is 0 Å². The van der Waals surface area contributed by atoms with E-state index < -0.39 is 17.6 Å². The maximum atomic E-state index is 12.6. The molecule has 0 spiro atoms. The molecule has 116 valence electrons. The zero-order chi connectivity index (χ0) is 16.3. The van der Waals surface area contributed by atoms with Gasteiger partial charge < -0.3 is 4.74 Å². The van der Waals surface area contributed by atoms with Gasteiger partial charge in [-0.1, -0.05) is 6.92 Å². The first-order valence-electron chi connectivity index (χ1n) is 7.22. The van der Waals surface area contributed by atoms with Gasteiger partial charge in [0.1, 0.15) is 5.75 Å². The highest BCUT2D eigenvalue weighted by molar-refractivity contribution is 6.28. The van der Waals surface area contributed by atoms with Crippen molar-refractivity contribution in [1.82, 2.24) is 0 Å². The second kappa shape index (κ2) is 6.56. The van der Waals surface area contributed by atoms with Gasteiger partial charge in [-0.15, -0.1) is 0 Å². The van der Waals surface area contributed by atoms with Crippen molar-refractivity contribution in [3.05, 3.63) is 36.0 Å². The van der Waals surface area contributed by atoms with Crippen LogP contribution in [0.4, 0.5) is 5.69 Å². The number of anilines is 1. The van der Waals surface area contributed by atoms with Crippen molar-refractivity contribution >= 4 is 23.2 Å². The Morgan fingerprint density at radius 3 is 2.41 bits per heavy atom. The van der Waals surface area contributed by atoms with E-state index in [1.807, 2.05) is 6.92 Å². The number of Topliss-reactive ketones (excluding diaryl/α,β-unsaturated/α-hetero) is 1. The van der Waals surface area contributed by atoms with Gasteiger partial charge in [0, 0.05) is 23.9 Å². The quantitative estimate of drug-likeness (QED) is 0.784. The molecule has 1 atom stereocenters. The van der Waals surface area contributed by atoms with E-state index in [2.05, 4.69) is 0 Å². The van der Waals surface area contributed by atoms with Crippen molar-refractivity contribution in [1.29, 1.82) is 0 Å². The first-order valence-corrected chi connectivity index (χ1v) is 7.22. The van der Waals surface area contributed by atoms with Crippen LogP contribution in [0.2, 0.25) is 0 Å². The molecule has 0 N–H and O–H groups in total. The molecule has 22 heavy (non-hydrogen) atoms. The summed E-state index contributed by atoms with van der Waals surface area (Å²) < 4.78 is 5.09. The Labute approximate surface area is 129 Å². The summed E-state index contributed by atoms with van der Waals surface area (Å²) in [4.78, 5) is 38.2. The standard InChI is InChI=1S/C17H19NO4/c1-4-5-14(19)16-15(20)10-11(2)18(17(16)21)12-6-8-13(22-3)9-7-12/h6-10,16H,4-5H2,1-3H3. The topological polar surface area (TPSA) is 63.7 Å². The van der Waals surface area contributed by atoms with E-state index in [9.17, 15) is 14.4 Å². The first kappa shape index (κ1) is 15.9. The molecule has 0 aliphatic carbocycles. The lowest BCUT2D eigenvalue weighted by molar-refractivity contribution is -0.138. The summed E-state index contributed by atoms with van der Waals surface area (Å²) in [5, 5.41) is 0. The normalized spacial score (nSPS) is 18.2. The molecule has 2 rings (SSSR count). The summed E-state index contributed by atoms with van der Waals surface area (Å²) >= 11 is 0. The van der Waals surface area contributed by atoms with Crippen molar-refractivity contribution in [3.8, 4) is 5.75 Å². The zero-order valence-electron chi connectivity index (χ0n) is 13.0. The molecular formula is C17H19NO4. The third kappa shape index (κ3) is 2.93. The molecule has 1 aromatic carbocycles. The minimum Gasteiger partial charge on any atom is -0.497 e. The predicted octanol–water partition coefficient (Wildman–Crippen LogP) is 2.50. The van der Waals surface area contributed by atoms with Crippen LogP contribution in [0, 0.1) is 5.92 Å². The van der Waals surface area contributed by atoms with Crippen LogP contribution in [-0.2, 0) is 14.4 Å². The maximum Gasteiger partial charge on any atom is 0.249 e. The average Bonchev–Trinajstić information content (AvgIpc) is 2.47. The summed E-state index contributed by atoms with van der Waals surface area (Å²) in [6.07, 6.45) is 2.20. The summed E-state index contributed by atoms with van der Waals surface area (Å²) in [7, 11) is 1.56. The number of methoxy groups -OCH3 is 1. The highest BCUT2D eigenvalue weighted by Gasteiger charge is 2.39. The summed E-state index contributed by atoms with van der Waals surface area (Å²) in [6, 6.07) is 6.92. The van der Waals surface area contributed by atoms with Gasteiger partial charge in [-0.3, -0.25) is 19.3 Å². The zero-order valence-corrected chi connectivity index (χ0v) is 13.0. The molecule has 0 bridgehead atoms. The van der Waals surface area contributed by atoms with Gasteiger partial charge >= 0.3 is 0 Å². The van der Waals surface area contributed by atoms with E-state index in [1.165, 1.54) is 11.0 Å². The first-order chi connectivity index (χ1) is 10.5. The molecule has 1 heterocycles. The fourth-order valence-corrected chi connectivity index (χ4v) is 2.53. The highest BCUT2D eigenvalue weighted by atomic mass is 16.5. The molecule has 0 fully saturated rings. The minimum absolute atomic E-state index is 0.228. The third-order valence-corrected chi connectivity index (χ3v) is 3.60. The molecule has 5 nitrogen and oxygen atoms in total. The number of carbonyl (C=O) groups excluding carboxylic acids is 3. The Balaban J connectivity index is 2.37. The lowest BCUT2D eigenvalue weighted by Crippen LogP contribution is -2.45. The molecule has 5 heteroatoms. The molecule has 0 saturated carbocycles. The van der Waals surface area contributed by atoms with Gasteiger partial charge in [-0.05, 0) is 37.6 Å². The number of ketones is 2. The number of nitrogens with zero attached hydrogens (tertiary/aromatic N) is 1. The van der Waals surface area contributed by atoms with Gasteiger partial charge in [0.15, 0.2) is 17.5 Å². The number of carbonyl (C=O) groups is 3. The van der Waals surface area contributed by atoms with Crippen molar-refractivity contribution in [2.75, 3.05) is 12.0 Å². The Morgan fingerprint density at radius 2 is 1.86 bits per heavy atom. The van der Waals surface area contributed by atoms with Crippen LogP contribution in [0.25, 0.3) is 0 Å². The number of rotatable bonds is 5. The van der Waals surface area contributed by atoms with Gasteiger partial charge in [-0.2, -0.15) is 0 Å². The average molecular weight is 301 g/mol. The van der Waals surface area contributed by atoms with Gasteiger partial charge in [0.25, 0.3) is 0 Å². The smallest absolute Gasteiger partial charge is 0.249 e. The monoisotopic (exact) mass is 301 g/mol. The molecule has 1 unspecified atom stereocenters. The molecular weight excluding hydrogens is 282 g/mol. The second-order valence-electron chi connectivity index (χ2n) is 5.21. The molecule has 1 aromatic rings. The van der Waals surface area contributed by atoms with Gasteiger partial charge in [0.05, 0.1) is 7.11 Å². The summed E-state index contributed by atoms with van der Waals surface area (Å²) in [5.41, 5.74) is 1.13. The lowest BCUT2D eigenvalue weighted by atomic mass is 9.90. The molecule has 0 radical (unpaired) electrons. The number of hydrogen-bond acceptors (Lipinski definition) is 4. The Hall–Kier alpha value is -2.43. The van der Waals surface area contributed by atoms with Crippen LogP contribution >= 0.6 is 0 Å². The molecule has 0 aromatic heterocycles. The van der Waals surface area contributed by atoms with Crippen LogP contribution < -0.4 is 9.64 Å². The van der Waals surface area contributed by atoms with Crippen LogP contribution in [0.3, 0.4) is 0 Å². The van der Waals surface area contributed by atoms with E-state index in [-0.39, 0.29) is 12.2 Å². The van der Waals surface area contributed by atoms with Gasteiger partial charge in [-0.25, -0.2) is 0 Å². The maximum absolute atomic E-state index is 12.6. The fourth-order valence-electron chi connectivity index (χ4n) is 2.53. The second-order valence-corrected chi connectivity index (χ2v) is 5.21. The van der Waals surface area contributed by atoms with E-state index in [0.29, 0.717) is 23.6 Å². The Morgan fingerprint density at radius 1 is 1.23 bits per heavy atom. The number of allylic oxidation sites excluding steroid dienone is 2. The Kier molecular flexibility index (Phi) is 4.75. The predicted molar refractivity (Wildman–Crippen MR) is 82.6 cm³/mol. The molecule has 1 aliphatic heterocycles. The van der Waals surface area contributed by atoms with Gasteiger partial charge in [0.2, 0.25) is 5.91 Å². The van der Waals surface area contributed by atoms with Crippen LogP contribution in [0.5, 0.6) is 5.75 Å². The summed E-state index contributed by atoms with van der Waals surface area (Å²) in [5.74, 6) is -1.77. The lowest BCUT2D eigenvalue weighted by Gasteiger charge is -2.30. The fraction of sp³-hybridized carbons (Fsp3) is 0.353. The van der Waals surface area contributed by atoms with Crippen molar-refractivity contribution in [2.24, 2.45) is 5.92 Å². The van der Waals surface area contributed by atoms with Crippen molar-refractivity contribution < 1.29 is 19.1 Å². The number of benzene rings is 1. The van der Waals surface area contributed by atoms with Crippen molar-refractivity contribution in [3.63, 3.8) is 0 Å². The van der Waals surface area contributed by atoms with E-state index >= 15 is 0 Å². The number of hydrogen-bond donors (Lipinski definition) is 0. The highest BCUT2D eigenvalue weighted by Crippen LogP contribution is 2.28. The number of ether oxygens (including phenoxy) is 1. The third-order valence-electron chi connectivity index (χ3n) is 3.60. The number of amides is 1. The summed E-state index contributed by atoms with van der Waals surface area (Å²) in [6.45, 7) is 3.53. The molecule has 0 saturated heterocycles.